The van der Waals surface area contributed by atoms with Crippen LogP contribution in [0.3, 0.4) is 0 Å². The number of ether oxygens (including phenoxy) is 1. The summed E-state index contributed by atoms with van der Waals surface area (Å²) in [6.07, 6.45) is 6.63. The van der Waals surface area contributed by atoms with E-state index in [1.807, 2.05) is 16.8 Å². The lowest BCUT2D eigenvalue weighted by Gasteiger charge is -2.37. The zero-order valence-electron chi connectivity index (χ0n) is 22.1. The highest BCUT2D eigenvalue weighted by atomic mass is 32.1. The molecule has 1 amide bonds. The summed E-state index contributed by atoms with van der Waals surface area (Å²) in [5, 5.41) is 15.2. The maximum Gasteiger partial charge on any atom is 0.330 e. The molecule has 1 N–H and O–H groups in total. The molecule has 0 radical (unpaired) electrons. The fourth-order valence-corrected chi connectivity index (χ4v) is 6.75. The molecule has 0 bridgehead atoms. The van der Waals surface area contributed by atoms with Crippen molar-refractivity contribution < 1.29 is 19.4 Å². The predicted octanol–water partition coefficient (Wildman–Crippen LogP) is 5.13. The number of carboxylic acid groups (broad SMARTS) is 1. The van der Waals surface area contributed by atoms with Crippen LogP contribution in [0.1, 0.15) is 71.5 Å². The minimum Gasteiger partial charge on any atom is -0.496 e. The fourth-order valence-electron chi connectivity index (χ4n) is 5.40. The van der Waals surface area contributed by atoms with Crippen LogP contribution < -0.4 is 4.74 Å². The van der Waals surface area contributed by atoms with Crippen molar-refractivity contribution in [1.29, 1.82) is 0 Å². The third-order valence-electron chi connectivity index (χ3n) is 7.18. The Morgan fingerprint density at radius 3 is 2.59 bits per heavy atom. The molecule has 4 aromatic rings. The summed E-state index contributed by atoms with van der Waals surface area (Å²) in [7, 11) is 1.57. The van der Waals surface area contributed by atoms with Gasteiger partial charge < -0.3 is 14.7 Å². The molecule has 0 saturated carbocycles. The number of amides is 1. The molecule has 202 valence electrons. The van der Waals surface area contributed by atoms with Crippen molar-refractivity contribution in [3.8, 4) is 5.75 Å². The van der Waals surface area contributed by atoms with E-state index in [2.05, 4.69) is 40.7 Å². The summed E-state index contributed by atoms with van der Waals surface area (Å²) in [5.74, 6) is -1.39. The van der Waals surface area contributed by atoms with Crippen LogP contribution in [0.2, 0.25) is 0 Å². The van der Waals surface area contributed by atoms with Crippen molar-refractivity contribution in [2.24, 2.45) is 0 Å². The number of hydrogen-bond donors (Lipinski definition) is 1. The standard InChI is InChI=1S/C28H29N5O4S2/c1-27(2,3)20-6-5-17(11-22(20)37-4)25(34)33-23(24-31-9-10-39-24)19(21-14-29-7-8-30-21)13-28(33,26(35)36)12-18-15-38-16-32-18/h5-11,14-16,19,23H,12-13H2,1-4H3,(H,35,36)/t19-,23-,28+/m1/s1. The molecule has 1 fully saturated rings. The van der Waals surface area contributed by atoms with E-state index in [1.165, 1.54) is 27.6 Å². The first-order chi connectivity index (χ1) is 18.7. The molecule has 3 aromatic heterocycles. The van der Waals surface area contributed by atoms with E-state index < -0.39 is 29.4 Å². The van der Waals surface area contributed by atoms with Crippen LogP contribution in [0, 0.1) is 0 Å². The van der Waals surface area contributed by atoms with Crippen LogP contribution in [0.5, 0.6) is 5.75 Å². The summed E-state index contributed by atoms with van der Waals surface area (Å²) in [5.41, 5.74) is 2.36. The van der Waals surface area contributed by atoms with Crippen LogP contribution >= 0.6 is 22.7 Å². The van der Waals surface area contributed by atoms with Crippen LogP contribution in [0.15, 0.2) is 59.3 Å². The highest BCUT2D eigenvalue weighted by Gasteiger charge is 2.60. The Hall–Kier alpha value is -3.70. The van der Waals surface area contributed by atoms with Crippen molar-refractivity contribution in [1.82, 2.24) is 24.8 Å². The third-order valence-corrected chi connectivity index (χ3v) is 8.66. The van der Waals surface area contributed by atoms with Gasteiger partial charge in [-0.2, -0.15) is 0 Å². The molecule has 1 aliphatic heterocycles. The van der Waals surface area contributed by atoms with Crippen LogP contribution in [0.4, 0.5) is 0 Å². The molecule has 11 heteroatoms. The smallest absolute Gasteiger partial charge is 0.330 e. The fraction of sp³-hybridized carbons (Fsp3) is 0.357. The Labute approximate surface area is 234 Å². The van der Waals surface area contributed by atoms with Crippen LogP contribution in [-0.4, -0.2) is 54.5 Å². The summed E-state index contributed by atoms with van der Waals surface area (Å²) < 4.78 is 5.68. The minimum absolute atomic E-state index is 0.0490. The number of methoxy groups -OCH3 is 1. The number of thiazole rings is 2. The highest BCUT2D eigenvalue weighted by molar-refractivity contribution is 7.09. The van der Waals surface area contributed by atoms with Gasteiger partial charge in [0.05, 0.1) is 30.1 Å². The maximum atomic E-state index is 14.5. The molecule has 1 aliphatic rings. The maximum absolute atomic E-state index is 14.5. The van der Waals surface area contributed by atoms with Gasteiger partial charge in [0.15, 0.2) is 0 Å². The summed E-state index contributed by atoms with van der Waals surface area (Å²) in [6.45, 7) is 6.21. The van der Waals surface area contributed by atoms with E-state index in [9.17, 15) is 14.7 Å². The second kappa shape index (κ2) is 10.5. The van der Waals surface area contributed by atoms with Gasteiger partial charge in [0.1, 0.15) is 16.3 Å². The van der Waals surface area contributed by atoms with E-state index in [4.69, 9.17) is 4.74 Å². The van der Waals surface area contributed by atoms with Crippen LogP contribution in [-0.2, 0) is 16.6 Å². The molecule has 0 aliphatic carbocycles. The number of aromatic nitrogens is 4. The first-order valence-electron chi connectivity index (χ1n) is 12.4. The SMILES string of the molecule is COc1cc(C(=O)N2[C@@H](c3nccs3)[C@@H](c3cnccn3)C[C@@]2(Cc2cscn2)C(=O)O)ccc1C(C)(C)C. The molecule has 4 heterocycles. The van der Waals surface area contributed by atoms with E-state index in [0.29, 0.717) is 27.7 Å². The van der Waals surface area contributed by atoms with Gasteiger partial charge in [0, 0.05) is 53.4 Å². The second-order valence-electron chi connectivity index (χ2n) is 10.6. The van der Waals surface area contributed by atoms with E-state index in [-0.39, 0.29) is 18.3 Å². The van der Waals surface area contributed by atoms with Gasteiger partial charge in [0.25, 0.3) is 5.91 Å². The monoisotopic (exact) mass is 563 g/mol. The normalized spacial score (nSPS) is 21.2. The first kappa shape index (κ1) is 26.9. The van der Waals surface area contributed by atoms with Crippen molar-refractivity contribution >= 4 is 34.6 Å². The first-order valence-corrected chi connectivity index (χ1v) is 14.3. The zero-order chi connectivity index (χ0) is 27.8. The van der Waals surface area contributed by atoms with Crippen molar-refractivity contribution in [3.63, 3.8) is 0 Å². The molecule has 39 heavy (non-hydrogen) atoms. The van der Waals surface area contributed by atoms with E-state index in [0.717, 1.165) is 5.56 Å². The predicted molar refractivity (Wildman–Crippen MR) is 148 cm³/mol. The van der Waals surface area contributed by atoms with E-state index in [1.54, 1.807) is 49.5 Å². The number of carboxylic acids is 1. The number of nitrogens with zero attached hydrogens (tertiary/aromatic N) is 5. The molecule has 9 nitrogen and oxygen atoms in total. The molecule has 0 spiro atoms. The van der Waals surface area contributed by atoms with Crippen LogP contribution in [0.25, 0.3) is 0 Å². The van der Waals surface area contributed by atoms with Gasteiger partial charge in [-0.1, -0.05) is 26.8 Å². The molecule has 0 unspecified atom stereocenters. The van der Waals surface area contributed by atoms with Gasteiger partial charge in [-0.25, -0.2) is 14.8 Å². The van der Waals surface area contributed by atoms with Crippen molar-refractivity contribution in [2.45, 2.75) is 56.5 Å². The largest absolute Gasteiger partial charge is 0.496 e. The summed E-state index contributed by atoms with van der Waals surface area (Å²) >= 11 is 2.77. The Morgan fingerprint density at radius 1 is 1.18 bits per heavy atom. The molecule has 5 rings (SSSR count). The summed E-state index contributed by atoms with van der Waals surface area (Å²) in [4.78, 5) is 47.0. The highest BCUT2D eigenvalue weighted by Crippen LogP contribution is 2.53. The second-order valence-corrected chi connectivity index (χ2v) is 12.2. The van der Waals surface area contributed by atoms with E-state index >= 15 is 0 Å². The number of benzene rings is 1. The number of rotatable bonds is 7. The minimum atomic E-state index is -1.60. The quantitative estimate of drug-likeness (QED) is 0.329. The number of hydrogen-bond acceptors (Lipinski definition) is 9. The van der Waals surface area contributed by atoms with Gasteiger partial charge in [-0.15, -0.1) is 22.7 Å². The Bertz CT molecular complexity index is 1460. The average molecular weight is 564 g/mol. The lowest BCUT2D eigenvalue weighted by atomic mass is 9.85. The number of carbonyl (C=O) groups excluding carboxylic acids is 1. The average Bonchev–Trinajstić information content (AvgIpc) is 3.69. The lowest BCUT2D eigenvalue weighted by Crippen LogP contribution is -2.55. The Kier molecular flexibility index (Phi) is 7.21. The summed E-state index contributed by atoms with van der Waals surface area (Å²) in [6, 6.07) is 4.66. The molecule has 1 saturated heterocycles. The number of carbonyl (C=O) groups is 2. The molecular weight excluding hydrogens is 534 g/mol. The Morgan fingerprint density at radius 2 is 2.00 bits per heavy atom. The molecular formula is C28H29N5O4S2. The van der Waals surface area contributed by atoms with Gasteiger partial charge in [-0.05, 0) is 29.5 Å². The topological polar surface area (TPSA) is 118 Å². The number of likely N-dealkylation sites (tertiary alicyclic amines) is 1. The Balaban J connectivity index is 1.71. The van der Waals surface area contributed by atoms with Gasteiger partial charge in [-0.3, -0.25) is 14.8 Å². The van der Waals surface area contributed by atoms with Crippen molar-refractivity contribution in [3.05, 3.63) is 86.8 Å². The molecule has 3 atom stereocenters. The zero-order valence-corrected chi connectivity index (χ0v) is 23.7. The number of aliphatic carboxylic acids is 1. The van der Waals surface area contributed by atoms with Gasteiger partial charge >= 0.3 is 5.97 Å². The van der Waals surface area contributed by atoms with Gasteiger partial charge in [0.2, 0.25) is 0 Å². The van der Waals surface area contributed by atoms with Crippen molar-refractivity contribution in [2.75, 3.05) is 7.11 Å². The molecule has 1 aromatic carbocycles. The lowest BCUT2D eigenvalue weighted by molar-refractivity contribution is -0.149. The third kappa shape index (κ3) is 4.92.